The number of imidazole rings is 1. The third-order valence-corrected chi connectivity index (χ3v) is 5.98. The molecule has 35 heavy (non-hydrogen) atoms. The monoisotopic (exact) mass is 466 g/mol. The van der Waals surface area contributed by atoms with Crippen molar-refractivity contribution in [2.45, 2.75) is 19.5 Å². The number of rotatable bonds is 6. The molecular weight excluding hydrogens is 447 g/mol. The van der Waals surface area contributed by atoms with Gasteiger partial charge in [0.15, 0.2) is 11.3 Å². The van der Waals surface area contributed by atoms with Crippen molar-refractivity contribution in [3.05, 3.63) is 89.6 Å². The molecule has 0 amide bonds. The first-order chi connectivity index (χ1) is 17.2. The lowest BCUT2D eigenvalue weighted by molar-refractivity contribution is 0.356. The summed E-state index contributed by atoms with van der Waals surface area (Å²) in [5.74, 6) is 0.879. The molecule has 0 saturated heterocycles. The van der Waals surface area contributed by atoms with Crippen LogP contribution in [0.15, 0.2) is 61.4 Å². The highest BCUT2D eigenvalue weighted by atomic mass is 19.1. The fourth-order valence-electron chi connectivity index (χ4n) is 4.31. The number of nitrogens with zero attached hydrogens (tertiary/aromatic N) is 7. The van der Waals surface area contributed by atoms with Gasteiger partial charge < -0.3 is 10.1 Å². The first kappa shape index (κ1) is 20.8. The van der Waals surface area contributed by atoms with Crippen LogP contribution in [0.5, 0.6) is 5.75 Å². The molecule has 5 heterocycles. The Bertz CT molecular complexity index is 1580. The van der Waals surface area contributed by atoms with Gasteiger partial charge in [-0.1, -0.05) is 6.07 Å². The fourth-order valence-corrected chi connectivity index (χ4v) is 4.31. The van der Waals surface area contributed by atoms with Crippen molar-refractivity contribution >= 4 is 11.6 Å². The van der Waals surface area contributed by atoms with E-state index >= 15 is 0 Å². The number of nitrogens with one attached hydrogen (secondary N) is 1. The largest absolute Gasteiger partial charge is 0.493 e. The summed E-state index contributed by atoms with van der Waals surface area (Å²) < 4.78 is 23.7. The molecular formula is C25H19FN8O. The molecule has 0 spiro atoms. The van der Waals surface area contributed by atoms with Gasteiger partial charge in [-0.3, -0.25) is 14.1 Å². The van der Waals surface area contributed by atoms with Gasteiger partial charge in [-0.2, -0.15) is 10.4 Å². The second-order valence-corrected chi connectivity index (χ2v) is 8.17. The van der Waals surface area contributed by atoms with Crippen molar-refractivity contribution in [3.63, 3.8) is 0 Å². The predicted molar refractivity (Wildman–Crippen MR) is 125 cm³/mol. The zero-order valence-electron chi connectivity index (χ0n) is 18.5. The lowest BCUT2D eigenvalue weighted by Crippen LogP contribution is -2.09. The highest BCUT2D eigenvalue weighted by molar-refractivity contribution is 5.77. The highest BCUT2D eigenvalue weighted by Crippen LogP contribution is 2.31. The van der Waals surface area contributed by atoms with Crippen LogP contribution in [0.1, 0.15) is 22.4 Å². The van der Waals surface area contributed by atoms with E-state index < -0.39 is 0 Å². The summed E-state index contributed by atoms with van der Waals surface area (Å²) in [7, 11) is 0. The Kier molecular flexibility index (Phi) is 5.07. The number of hydrogen-bond donors (Lipinski definition) is 1. The molecule has 10 heteroatoms. The van der Waals surface area contributed by atoms with E-state index in [2.05, 4.69) is 31.4 Å². The summed E-state index contributed by atoms with van der Waals surface area (Å²) in [4.78, 5) is 13.2. The molecule has 0 bridgehead atoms. The molecule has 1 N–H and O–H groups in total. The summed E-state index contributed by atoms with van der Waals surface area (Å²) >= 11 is 0. The number of anilines is 1. The quantitative estimate of drug-likeness (QED) is 0.408. The Labute approximate surface area is 199 Å². The molecule has 1 aliphatic heterocycles. The number of benzene rings is 1. The van der Waals surface area contributed by atoms with Gasteiger partial charge in [0, 0.05) is 60.0 Å². The molecule has 0 aliphatic carbocycles. The molecule has 0 saturated carbocycles. The van der Waals surface area contributed by atoms with Crippen LogP contribution in [-0.4, -0.2) is 35.7 Å². The number of ether oxygens (including phenoxy) is 1. The van der Waals surface area contributed by atoms with E-state index in [-0.39, 0.29) is 18.1 Å². The van der Waals surface area contributed by atoms with Gasteiger partial charge >= 0.3 is 0 Å². The summed E-state index contributed by atoms with van der Waals surface area (Å²) in [5, 5.41) is 17.1. The van der Waals surface area contributed by atoms with Crippen LogP contribution >= 0.6 is 0 Å². The predicted octanol–water partition coefficient (Wildman–Crippen LogP) is 3.59. The molecule has 0 radical (unpaired) electrons. The number of halogens is 1. The number of hydrogen-bond acceptors (Lipinski definition) is 7. The van der Waals surface area contributed by atoms with Crippen LogP contribution in [-0.2, 0) is 19.5 Å². The van der Waals surface area contributed by atoms with Gasteiger partial charge in [-0.15, -0.1) is 0 Å². The summed E-state index contributed by atoms with van der Waals surface area (Å²) in [6.45, 7) is 1.35. The van der Waals surface area contributed by atoms with E-state index in [0.29, 0.717) is 42.5 Å². The summed E-state index contributed by atoms with van der Waals surface area (Å²) in [5.41, 5.74) is 4.81. The minimum absolute atomic E-state index is 0.225. The van der Waals surface area contributed by atoms with Gasteiger partial charge in [0.05, 0.1) is 25.5 Å². The maximum absolute atomic E-state index is 14.6. The minimum atomic E-state index is -0.293. The van der Waals surface area contributed by atoms with Crippen molar-refractivity contribution < 1.29 is 9.13 Å². The van der Waals surface area contributed by atoms with Crippen LogP contribution in [0, 0.1) is 17.1 Å². The number of aromatic nitrogens is 6. The maximum atomic E-state index is 14.6. The van der Waals surface area contributed by atoms with Crippen LogP contribution in [0.4, 0.5) is 10.3 Å². The average Bonchev–Trinajstić information content (AvgIpc) is 3.63. The molecule has 6 rings (SSSR count). The van der Waals surface area contributed by atoms with Crippen LogP contribution < -0.4 is 10.1 Å². The first-order valence-electron chi connectivity index (χ1n) is 11.1. The Morgan fingerprint density at radius 1 is 1.17 bits per heavy atom. The third kappa shape index (κ3) is 3.83. The summed E-state index contributed by atoms with van der Waals surface area (Å²) in [6, 6.07) is 9.04. The van der Waals surface area contributed by atoms with E-state index in [1.165, 1.54) is 6.07 Å². The molecule has 5 aromatic rings. The number of fused-ring (bicyclic) bond motifs is 2. The molecule has 0 fully saturated rings. The van der Waals surface area contributed by atoms with E-state index in [0.717, 1.165) is 22.3 Å². The molecule has 1 aliphatic rings. The second-order valence-electron chi connectivity index (χ2n) is 8.17. The highest BCUT2D eigenvalue weighted by Gasteiger charge is 2.20. The van der Waals surface area contributed by atoms with Crippen LogP contribution in [0.3, 0.4) is 0 Å². The zero-order valence-corrected chi connectivity index (χ0v) is 18.5. The number of pyridine rings is 1. The molecule has 9 nitrogen and oxygen atoms in total. The molecule has 1 aromatic carbocycles. The van der Waals surface area contributed by atoms with E-state index in [1.54, 1.807) is 41.5 Å². The summed E-state index contributed by atoms with van der Waals surface area (Å²) in [6.07, 6.45) is 11.1. The van der Waals surface area contributed by atoms with Gasteiger partial charge in [0.2, 0.25) is 5.95 Å². The Balaban J connectivity index is 1.32. The minimum Gasteiger partial charge on any atom is -0.493 e. The van der Waals surface area contributed by atoms with Gasteiger partial charge in [0.1, 0.15) is 17.6 Å². The van der Waals surface area contributed by atoms with E-state index in [9.17, 15) is 9.65 Å². The lowest BCUT2D eigenvalue weighted by Gasteiger charge is -2.12. The fraction of sp³-hybridized carbons (Fsp3) is 0.160. The first-order valence-corrected chi connectivity index (χ1v) is 11.1. The van der Waals surface area contributed by atoms with Crippen molar-refractivity contribution in [1.82, 2.24) is 29.1 Å². The smallest absolute Gasteiger partial charge is 0.208 e. The lowest BCUT2D eigenvalue weighted by atomic mass is 10.0. The maximum Gasteiger partial charge on any atom is 0.208 e. The van der Waals surface area contributed by atoms with E-state index in [1.807, 2.05) is 23.0 Å². The van der Waals surface area contributed by atoms with Gasteiger partial charge in [-0.05, 0) is 23.8 Å². The Hall–Kier alpha value is -4.78. The van der Waals surface area contributed by atoms with Crippen molar-refractivity contribution in [3.8, 4) is 22.9 Å². The van der Waals surface area contributed by atoms with Crippen molar-refractivity contribution in [1.29, 1.82) is 5.26 Å². The molecule has 0 atom stereocenters. The van der Waals surface area contributed by atoms with E-state index in [4.69, 9.17) is 4.74 Å². The topological polar surface area (TPSA) is 106 Å². The Morgan fingerprint density at radius 2 is 2.11 bits per heavy atom. The van der Waals surface area contributed by atoms with Crippen molar-refractivity contribution in [2.24, 2.45) is 0 Å². The second kappa shape index (κ2) is 8.53. The molecule has 172 valence electrons. The Morgan fingerprint density at radius 3 is 2.97 bits per heavy atom. The van der Waals surface area contributed by atoms with Crippen LogP contribution in [0.2, 0.25) is 0 Å². The normalized spacial score (nSPS) is 12.3. The third-order valence-electron chi connectivity index (χ3n) is 5.98. The molecule has 4 aromatic heterocycles. The zero-order chi connectivity index (χ0) is 23.8. The molecule has 0 unspecified atom stereocenters. The van der Waals surface area contributed by atoms with Gasteiger partial charge in [0.25, 0.3) is 0 Å². The SMILES string of the molecule is N#Cc1cn2c(NCc3c(F)ccc4c3CCO4)ncc(-c3cnn(Cc4cccnc4)c3)c2n1. The van der Waals surface area contributed by atoms with Crippen molar-refractivity contribution in [2.75, 3.05) is 11.9 Å². The van der Waals surface area contributed by atoms with Crippen LogP contribution in [0.25, 0.3) is 16.8 Å². The average molecular weight is 466 g/mol. The number of nitriles is 1. The van der Waals surface area contributed by atoms with Gasteiger partial charge in [-0.25, -0.2) is 14.4 Å². The standard InChI is InChI=1S/C25H19FN8O/c26-22-3-4-23-19(5-7-35-23)21(22)12-30-25-29-11-20(24-32-18(8-27)15-34(24)25)17-10-31-33(14-17)13-16-2-1-6-28-9-16/h1-4,6,9-11,14-15H,5,7,12-13H2,(H,29,30).